The van der Waals surface area contributed by atoms with Crippen LogP contribution in [0.5, 0.6) is 0 Å². The molecule has 3 nitrogen and oxygen atoms in total. The average Bonchev–Trinajstić information content (AvgIpc) is 2.82. The fourth-order valence-electron chi connectivity index (χ4n) is 3.20. The number of rotatable bonds is 3. The Morgan fingerprint density at radius 1 is 0.941 bits per heavy atom. The third-order valence-electron chi connectivity index (χ3n) is 4.45. The number of nitrogens with one attached hydrogen (secondary N) is 2. The first-order valence-electron chi connectivity index (χ1n) is 7.35. The van der Waals surface area contributed by atoms with Crippen molar-refractivity contribution in [2.24, 2.45) is 5.92 Å². The Kier molecular flexibility index (Phi) is 4.69. The number of carbonyl (C=O) groups excluding carboxylic acids is 1. The largest absolute Gasteiger partial charge is 0.335 e. The molecule has 2 N–H and O–H groups in total. The molecule has 3 heteroatoms. The summed E-state index contributed by atoms with van der Waals surface area (Å²) in [6.45, 7) is 2.27. The fraction of sp³-hybridized carbons (Fsp3) is 0.929. The first kappa shape index (κ1) is 12.7. The maximum absolute atomic E-state index is 11.8. The van der Waals surface area contributed by atoms with E-state index in [1.807, 2.05) is 0 Å². The van der Waals surface area contributed by atoms with Crippen molar-refractivity contribution in [1.29, 1.82) is 0 Å². The summed E-state index contributed by atoms with van der Waals surface area (Å²) in [5.74, 6) is 0.894. The smallest absolute Gasteiger partial charge is 0.315 e. The van der Waals surface area contributed by atoms with E-state index in [4.69, 9.17) is 0 Å². The molecule has 98 valence electrons. The zero-order chi connectivity index (χ0) is 12.1. The van der Waals surface area contributed by atoms with E-state index in [-0.39, 0.29) is 6.03 Å². The minimum absolute atomic E-state index is 0.0665. The number of hydrogen-bond donors (Lipinski definition) is 2. The third-order valence-corrected chi connectivity index (χ3v) is 4.45. The summed E-state index contributed by atoms with van der Waals surface area (Å²) in [5.41, 5.74) is 0. The minimum Gasteiger partial charge on any atom is -0.335 e. The molecular formula is C14H26N2O. The molecule has 0 spiro atoms. The van der Waals surface area contributed by atoms with Gasteiger partial charge >= 0.3 is 6.03 Å². The van der Waals surface area contributed by atoms with Crippen molar-refractivity contribution in [2.45, 2.75) is 76.8 Å². The second kappa shape index (κ2) is 6.27. The van der Waals surface area contributed by atoms with Crippen LogP contribution in [0.25, 0.3) is 0 Å². The van der Waals surface area contributed by atoms with Crippen LogP contribution in [0.15, 0.2) is 0 Å². The molecule has 0 unspecified atom stereocenters. The predicted molar refractivity (Wildman–Crippen MR) is 70.0 cm³/mol. The quantitative estimate of drug-likeness (QED) is 0.779. The van der Waals surface area contributed by atoms with Crippen molar-refractivity contribution in [1.82, 2.24) is 10.6 Å². The maximum Gasteiger partial charge on any atom is 0.315 e. The zero-order valence-corrected chi connectivity index (χ0v) is 11.0. The molecule has 2 aliphatic carbocycles. The standard InChI is InChI=1S/C14H26N2O/c1-2-11-7-9-13(10-8-11)16-14(17)15-12-5-3-4-6-12/h11-13H,2-10H2,1H3,(H2,15,16,17). The van der Waals surface area contributed by atoms with Crippen molar-refractivity contribution in [2.75, 3.05) is 0 Å². The molecule has 2 saturated carbocycles. The van der Waals surface area contributed by atoms with Crippen LogP contribution in [0, 0.1) is 5.92 Å². The molecule has 2 fully saturated rings. The van der Waals surface area contributed by atoms with Gasteiger partial charge in [-0.1, -0.05) is 26.2 Å². The van der Waals surface area contributed by atoms with E-state index < -0.39 is 0 Å². The molecule has 0 aromatic carbocycles. The molecular weight excluding hydrogens is 212 g/mol. The topological polar surface area (TPSA) is 41.1 Å². The number of urea groups is 1. The van der Waals surface area contributed by atoms with Gasteiger partial charge in [0.2, 0.25) is 0 Å². The van der Waals surface area contributed by atoms with E-state index in [1.54, 1.807) is 0 Å². The second-order valence-electron chi connectivity index (χ2n) is 5.73. The summed E-state index contributed by atoms with van der Waals surface area (Å²) >= 11 is 0. The molecule has 2 amide bonds. The van der Waals surface area contributed by atoms with Gasteiger partial charge in [0.15, 0.2) is 0 Å². The van der Waals surface area contributed by atoms with Gasteiger partial charge in [-0.05, 0) is 44.4 Å². The molecule has 0 aromatic heterocycles. The van der Waals surface area contributed by atoms with Gasteiger partial charge < -0.3 is 10.6 Å². The molecule has 0 heterocycles. The molecule has 2 rings (SSSR count). The van der Waals surface area contributed by atoms with Crippen LogP contribution < -0.4 is 10.6 Å². The Morgan fingerprint density at radius 2 is 1.47 bits per heavy atom. The highest BCUT2D eigenvalue weighted by Gasteiger charge is 2.22. The number of amides is 2. The maximum atomic E-state index is 11.8. The molecule has 17 heavy (non-hydrogen) atoms. The van der Waals surface area contributed by atoms with E-state index in [2.05, 4.69) is 17.6 Å². The van der Waals surface area contributed by atoms with Crippen LogP contribution in [0.1, 0.15) is 64.7 Å². The Hall–Kier alpha value is -0.730. The summed E-state index contributed by atoms with van der Waals surface area (Å²) < 4.78 is 0. The zero-order valence-electron chi connectivity index (χ0n) is 11.0. The lowest BCUT2D eigenvalue weighted by Crippen LogP contribution is -2.46. The summed E-state index contributed by atoms with van der Waals surface area (Å²) in [6.07, 6.45) is 11.1. The highest BCUT2D eigenvalue weighted by molar-refractivity contribution is 5.74. The highest BCUT2D eigenvalue weighted by Crippen LogP contribution is 2.26. The lowest BCUT2D eigenvalue weighted by Gasteiger charge is -2.28. The first-order chi connectivity index (χ1) is 8.28. The van der Waals surface area contributed by atoms with Gasteiger partial charge in [-0.3, -0.25) is 0 Å². The average molecular weight is 238 g/mol. The monoisotopic (exact) mass is 238 g/mol. The minimum atomic E-state index is 0.0665. The van der Waals surface area contributed by atoms with Gasteiger partial charge in [0.05, 0.1) is 0 Å². The van der Waals surface area contributed by atoms with Crippen LogP contribution >= 0.6 is 0 Å². The molecule has 0 atom stereocenters. The van der Waals surface area contributed by atoms with Crippen molar-refractivity contribution in [3.05, 3.63) is 0 Å². The number of hydrogen-bond acceptors (Lipinski definition) is 1. The van der Waals surface area contributed by atoms with Crippen LogP contribution in [0.4, 0.5) is 4.79 Å². The molecule has 2 aliphatic rings. The van der Waals surface area contributed by atoms with Gasteiger partial charge in [-0.25, -0.2) is 4.79 Å². The third kappa shape index (κ3) is 3.90. The SMILES string of the molecule is CCC1CCC(NC(=O)NC2CCCC2)CC1. The van der Waals surface area contributed by atoms with Gasteiger partial charge in [-0.15, -0.1) is 0 Å². The highest BCUT2D eigenvalue weighted by atomic mass is 16.2. The van der Waals surface area contributed by atoms with Crippen molar-refractivity contribution in [3.8, 4) is 0 Å². The van der Waals surface area contributed by atoms with Crippen LogP contribution in [-0.4, -0.2) is 18.1 Å². The van der Waals surface area contributed by atoms with E-state index in [1.165, 1.54) is 32.1 Å². The normalized spacial score (nSPS) is 30.2. The summed E-state index contributed by atoms with van der Waals surface area (Å²) in [5, 5.41) is 6.24. The summed E-state index contributed by atoms with van der Waals surface area (Å²) in [4.78, 5) is 11.8. The molecule has 0 bridgehead atoms. The molecule has 0 aromatic rings. The Labute approximate surface area is 105 Å². The van der Waals surface area contributed by atoms with Gasteiger partial charge in [0, 0.05) is 12.1 Å². The Bertz CT molecular complexity index is 241. The Balaban J connectivity index is 1.65. The molecule has 0 saturated heterocycles. The van der Waals surface area contributed by atoms with Crippen molar-refractivity contribution < 1.29 is 4.79 Å². The van der Waals surface area contributed by atoms with E-state index in [9.17, 15) is 4.79 Å². The van der Waals surface area contributed by atoms with E-state index in [0.29, 0.717) is 12.1 Å². The predicted octanol–water partition coefficient (Wildman–Crippen LogP) is 3.20. The Morgan fingerprint density at radius 3 is 2.00 bits per heavy atom. The van der Waals surface area contributed by atoms with Gasteiger partial charge in [0.1, 0.15) is 0 Å². The van der Waals surface area contributed by atoms with E-state index >= 15 is 0 Å². The number of carbonyl (C=O) groups is 1. The summed E-state index contributed by atoms with van der Waals surface area (Å²) in [6, 6.07) is 0.915. The molecule has 0 aliphatic heterocycles. The van der Waals surface area contributed by atoms with E-state index in [0.717, 1.165) is 31.6 Å². The lowest BCUT2D eigenvalue weighted by molar-refractivity contribution is 0.223. The lowest BCUT2D eigenvalue weighted by atomic mass is 9.85. The van der Waals surface area contributed by atoms with Gasteiger partial charge in [-0.2, -0.15) is 0 Å². The van der Waals surface area contributed by atoms with Crippen LogP contribution in [0.2, 0.25) is 0 Å². The van der Waals surface area contributed by atoms with Crippen molar-refractivity contribution in [3.63, 3.8) is 0 Å². The van der Waals surface area contributed by atoms with Crippen LogP contribution in [0.3, 0.4) is 0 Å². The molecule has 0 radical (unpaired) electrons. The second-order valence-corrected chi connectivity index (χ2v) is 5.73. The fourth-order valence-corrected chi connectivity index (χ4v) is 3.20. The first-order valence-corrected chi connectivity index (χ1v) is 7.35. The van der Waals surface area contributed by atoms with Gasteiger partial charge in [0.25, 0.3) is 0 Å². The summed E-state index contributed by atoms with van der Waals surface area (Å²) in [7, 11) is 0. The van der Waals surface area contributed by atoms with Crippen molar-refractivity contribution >= 4 is 6.03 Å². The van der Waals surface area contributed by atoms with Crippen LogP contribution in [-0.2, 0) is 0 Å².